The molecule has 0 radical (unpaired) electrons. The second-order valence-corrected chi connectivity index (χ2v) is 6.36. The number of benzene rings is 3. The van der Waals surface area contributed by atoms with Crippen LogP contribution >= 0.6 is 15.9 Å². The van der Waals surface area contributed by atoms with Crippen molar-refractivity contribution in [2.24, 2.45) is 0 Å². The zero-order chi connectivity index (χ0) is 18.4. The normalized spacial score (nSPS) is 10.7. The summed E-state index contributed by atoms with van der Waals surface area (Å²) in [5.74, 6) is -0.111. The number of esters is 1. The van der Waals surface area contributed by atoms with E-state index in [9.17, 15) is 9.59 Å². The van der Waals surface area contributed by atoms with Crippen molar-refractivity contribution < 1.29 is 14.3 Å². The number of carbonyl (C=O) groups is 2. The van der Waals surface area contributed by atoms with Crippen LogP contribution in [-0.2, 0) is 0 Å². The maximum Gasteiger partial charge on any atom is 0.344 e. The van der Waals surface area contributed by atoms with Crippen LogP contribution in [0.5, 0.6) is 5.75 Å². The van der Waals surface area contributed by atoms with E-state index in [1.165, 1.54) is 6.08 Å². The number of hydrogen-bond acceptors (Lipinski definition) is 3. The van der Waals surface area contributed by atoms with Crippen LogP contribution in [0.3, 0.4) is 0 Å². The van der Waals surface area contributed by atoms with Gasteiger partial charge in [0.15, 0.2) is 5.78 Å². The molecule has 128 valence electrons. The number of hydrogen-bond donors (Lipinski definition) is 0. The molecule has 4 heteroatoms. The minimum Gasteiger partial charge on any atom is -0.423 e. The van der Waals surface area contributed by atoms with Crippen LogP contribution in [-0.4, -0.2) is 11.8 Å². The summed E-state index contributed by atoms with van der Waals surface area (Å²) in [5, 5.41) is 0. The maximum absolute atomic E-state index is 12.3. The fourth-order valence-electron chi connectivity index (χ4n) is 2.34. The van der Waals surface area contributed by atoms with Gasteiger partial charge in [-0.2, -0.15) is 0 Å². The number of ether oxygens (including phenoxy) is 1. The van der Waals surface area contributed by atoms with Gasteiger partial charge in [0.1, 0.15) is 5.75 Å². The molecular formula is C22H15BrO3. The van der Waals surface area contributed by atoms with Crippen molar-refractivity contribution >= 4 is 33.8 Å². The minimum absolute atomic E-state index is 0.0822. The largest absolute Gasteiger partial charge is 0.423 e. The molecule has 0 N–H and O–H groups in total. The molecule has 0 spiro atoms. The third kappa shape index (κ3) is 4.55. The predicted molar refractivity (Wildman–Crippen MR) is 105 cm³/mol. The van der Waals surface area contributed by atoms with E-state index in [-0.39, 0.29) is 5.78 Å². The van der Waals surface area contributed by atoms with E-state index < -0.39 is 5.97 Å². The van der Waals surface area contributed by atoms with Gasteiger partial charge in [-0.1, -0.05) is 60.7 Å². The van der Waals surface area contributed by atoms with Gasteiger partial charge in [-0.25, -0.2) is 4.79 Å². The molecule has 26 heavy (non-hydrogen) atoms. The first-order chi connectivity index (χ1) is 12.6. The fourth-order valence-corrected chi connectivity index (χ4v) is 2.79. The molecule has 0 unspecified atom stereocenters. The molecule has 0 heterocycles. The predicted octanol–water partition coefficient (Wildman–Crippen LogP) is 5.56. The Bertz CT molecular complexity index is 962. The van der Waals surface area contributed by atoms with Gasteiger partial charge < -0.3 is 4.74 Å². The second-order valence-electron chi connectivity index (χ2n) is 5.51. The Labute approximate surface area is 160 Å². The van der Waals surface area contributed by atoms with Gasteiger partial charge in [-0.3, -0.25) is 4.79 Å². The number of halogens is 1. The molecule has 0 aromatic heterocycles. The molecular weight excluding hydrogens is 392 g/mol. The van der Waals surface area contributed by atoms with E-state index in [0.717, 1.165) is 5.56 Å². The highest BCUT2D eigenvalue weighted by molar-refractivity contribution is 9.10. The van der Waals surface area contributed by atoms with Crippen molar-refractivity contribution in [2.45, 2.75) is 0 Å². The van der Waals surface area contributed by atoms with Gasteiger partial charge in [-0.05, 0) is 51.8 Å². The topological polar surface area (TPSA) is 43.4 Å². The van der Waals surface area contributed by atoms with Crippen molar-refractivity contribution in [1.29, 1.82) is 0 Å². The Morgan fingerprint density at radius 2 is 1.58 bits per heavy atom. The lowest BCUT2D eigenvalue weighted by Crippen LogP contribution is -2.09. The quantitative estimate of drug-likeness (QED) is 0.241. The van der Waals surface area contributed by atoms with Crippen LogP contribution in [0.2, 0.25) is 0 Å². The molecule has 0 atom stereocenters. The van der Waals surface area contributed by atoms with Crippen molar-refractivity contribution in [2.75, 3.05) is 0 Å². The van der Waals surface area contributed by atoms with Crippen LogP contribution in [0.15, 0.2) is 89.4 Å². The van der Waals surface area contributed by atoms with Crippen LogP contribution in [0.25, 0.3) is 6.08 Å². The van der Waals surface area contributed by atoms with E-state index in [4.69, 9.17) is 4.74 Å². The second kappa shape index (κ2) is 8.41. The molecule has 0 aliphatic heterocycles. The summed E-state index contributed by atoms with van der Waals surface area (Å²) in [6, 6.07) is 23.1. The highest BCUT2D eigenvalue weighted by Crippen LogP contribution is 2.20. The van der Waals surface area contributed by atoms with E-state index in [1.54, 1.807) is 54.6 Å². The van der Waals surface area contributed by atoms with E-state index >= 15 is 0 Å². The monoisotopic (exact) mass is 406 g/mol. The molecule has 0 fully saturated rings. The van der Waals surface area contributed by atoms with Crippen molar-refractivity contribution in [3.63, 3.8) is 0 Å². The zero-order valence-corrected chi connectivity index (χ0v) is 15.3. The highest BCUT2D eigenvalue weighted by atomic mass is 79.9. The zero-order valence-electron chi connectivity index (χ0n) is 13.8. The molecule has 3 aromatic carbocycles. The molecule has 0 aliphatic carbocycles. The van der Waals surface area contributed by atoms with Crippen LogP contribution < -0.4 is 4.74 Å². The van der Waals surface area contributed by atoms with Crippen LogP contribution in [0.4, 0.5) is 0 Å². The third-order valence-electron chi connectivity index (χ3n) is 3.65. The number of rotatable bonds is 5. The molecule has 3 aromatic rings. The number of carbonyl (C=O) groups excluding carboxylic acids is 2. The van der Waals surface area contributed by atoms with Gasteiger partial charge in [0.2, 0.25) is 0 Å². The standard InChI is InChI=1S/C22H15BrO3/c23-20-12-5-4-11-19(20)22(25)26-18-10-6-7-16(15-18)13-14-21(24)17-8-2-1-3-9-17/h1-15H/b14-13+. The Hall–Kier alpha value is -2.98. The van der Waals surface area contributed by atoms with Gasteiger partial charge in [0.25, 0.3) is 0 Å². The van der Waals surface area contributed by atoms with E-state index in [0.29, 0.717) is 21.3 Å². The molecule has 3 rings (SSSR count). The summed E-state index contributed by atoms with van der Waals surface area (Å²) in [6.07, 6.45) is 3.20. The summed E-state index contributed by atoms with van der Waals surface area (Å²) >= 11 is 3.34. The molecule has 0 saturated heterocycles. The SMILES string of the molecule is O=C(/C=C/c1cccc(OC(=O)c2ccccc2Br)c1)c1ccccc1. The number of allylic oxidation sites excluding steroid dienone is 1. The Morgan fingerprint density at radius 1 is 0.846 bits per heavy atom. The van der Waals surface area contributed by atoms with Crippen LogP contribution in [0.1, 0.15) is 26.3 Å². The molecule has 0 saturated carbocycles. The first-order valence-corrected chi connectivity index (χ1v) is 8.77. The highest BCUT2D eigenvalue weighted by Gasteiger charge is 2.11. The molecule has 0 aliphatic rings. The lowest BCUT2D eigenvalue weighted by atomic mass is 10.1. The van der Waals surface area contributed by atoms with Crippen molar-refractivity contribution in [3.8, 4) is 5.75 Å². The summed E-state index contributed by atoms with van der Waals surface area (Å²) in [4.78, 5) is 24.4. The maximum atomic E-state index is 12.3. The third-order valence-corrected chi connectivity index (χ3v) is 4.34. The first-order valence-electron chi connectivity index (χ1n) is 7.98. The van der Waals surface area contributed by atoms with Gasteiger partial charge in [0, 0.05) is 10.0 Å². The molecule has 0 bridgehead atoms. The van der Waals surface area contributed by atoms with Crippen LogP contribution in [0, 0.1) is 0 Å². The van der Waals surface area contributed by atoms with E-state index in [1.807, 2.05) is 30.3 Å². The molecule has 3 nitrogen and oxygen atoms in total. The van der Waals surface area contributed by atoms with Gasteiger partial charge in [0.05, 0.1) is 5.56 Å². The first kappa shape index (κ1) is 17.8. The van der Waals surface area contributed by atoms with E-state index in [2.05, 4.69) is 15.9 Å². The number of ketones is 1. The minimum atomic E-state index is -0.445. The smallest absolute Gasteiger partial charge is 0.344 e. The van der Waals surface area contributed by atoms with Crippen molar-refractivity contribution in [3.05, 3.63) is 106 Å². The lowest BCUT2D eigenvalue weighted by molar-refractivity contribution is 0.0733. The summed E-state index contributed by atoms with van der Waals surface area (Å²) in [5.41, 5.74) is 1.85. The summed E-state index contributed by atoms with van der Waals surface area (Å²) < 4.78 is 6.10. The summed E-state index contributed by atoms with van der Waals surface area (Å²) in [6.45, 7) is 0. The average Bonchev–Trinajstić information content (AvgIpc) is 2.67. The Kier molecular flexibility index (Phi) is 5.77. The fraction of sp³-hybridized carbons (Fsp3) is 0. The summed E-state index contributed by atoms with van der Waals surface area (Å²) in [7, 11) is 0. The molecule has 0 amide bonds. The van der Waals surface area contributed by atoms with Gasteiger partial charge >= 0.3 is 5.97 Å². The lowest BCUT2D eigenvalue weighted by Gasteiger charge is -2.06. The Morgan fingerprint density at radius 3 is 2.35 bits per heavy atom. The van der Waals surface area contributed by atoms with Gasteiger partial charge in [-0.15, -0.1) is 0 Å². The Balaban J connectivity index is 1.72. The average molecular weight is 407 g/mol. The van der Waals surface area contributed by atoms with Crippen molar-refractivity contribution in [1.82, 2.24) is 0 Å².